The molecule has 1 aromatic rings. The minimum atomic E-state index is -0.802. The molecule has 0 saturated heterocycles. The Kier molecular flexibility index (Phi) is 3.28. The van der Waals surface area contributed by atoms with E-state index in [9.17, 15) is 4.79 Å². The summed E-state index contributed by atoms with van der Waals surface area (Å²) in [6, 6.07) is 3.82. The molecule has 0 bridgehead atoms. The number of benzene rings is 1. The lowest BCUT2D eigenvalue weighted by atomic mass is 9.85. The molecular formula is C14H17ClO3. The van der Waals surface area contributed by atoms with Crippen LogP contribution in [-0.2, 0) is 17.6 Å². The second-order valence-corrected chi connectivity index (χ2v) is 5.97. The van der Waals surface area contributed by atoms with Crippen molar-refractivity contribution in [1.82, 2.24) is 0 Å². The third-order valence-corrected chi connectivity index (χ3v) is 3.51. The highest BCUT2D eigenvalue weighted by Crippen LogP contribution is 2.38. The Balaban J connectivity index is 2.30. The van der Waals surface area contributed by atoms with Gasteiger partial charge < -0.3 is 9.84 Å². The molecule has 1 aliphatic rings. The summed E-state index contributed by atoms with van der Waals surface area (Å²) >= 11 is 6.18. The van der Waals surface area contributed by atoms with Crippen molar-refractivity contribution in [2.75, 3.05) is 0 Å². The third-order valence-electron chi connectivity index (χ3n) is 3.23. The molecular weight excluding hydrogens is 252 g/mol. The van der Waals surface area contributed by atoms with Crippen molar-refractivity contribution in [1.29, 1.82) is 0 Å². The summed E-state index contributed by atoms with van der Waals surface area (Å²) in [5, 5.41) is 9.73. The Morgan fingerprint density at radius 3 is 2.83 bits per heavy atom. The second-order valence-electron chi connectivity index (χ2n) is 5.56. The zero-order valence-corrected chi connectivity index (χ0v) is 11.5. The zero-order chi connectivity index (χ0) is 13.5. The fourth-order valence-corrected chi connectivity index (χ4v) is 2.54. The van der Waals surface area contributed by atoms with E-state index >= 15 is 0 Å². The van der Waals surface area contributed by atoms with Crippen molar-refractivity contribution in [3.05, 3.63) is 28.3 Å². The highest BCUT2D eigenvalue weighted by molar-refractivity contribution is 6.32. The molecule has 3 nitrogen and oxygen atoms in total. The third kappa shape index (κ3) is 2.46. The zero-order valence-electron chi connectivity index (χ0n) is 10.8. The first-order valence-corrected chi connectivity index (χ1v) is 6.39. The predicted molar refractivity (Wildman–Crippen MR) is 70.4 cm³/mol. The van der Waals surface area contributed by atoms with E-state index in [2.05, 4.69) is 0 Å². The monoisotopic (exact) mass is 268 g/mol. The smallest absolute Gasteiger partial charge is 0.309 e. The van der Waals surface area contributed by atoms with Crippen LogP contribution in [-0.4, -0.2) is 17.2 Å². The van der Waals surface area contributed by atoms with Crippen molar-refractivity contribution >= 4 is 17.6 Å². The number of fused-ring (bicyclic) bond motifs is 1. The summed E-state index contributed by atoms with van der Waals surface area (Å²) in [6.07, 6.45) is 1.43. The minimum Gasteiger partial charge on any atom is -0.489 e. The quantitative estimate of drug-likeness (QED) is 0.915. The van der Waals surface area contributed by atoms with Crippen molar-refractivity contribution in [3.63, 3.8) is 0 Å². The average molecular weight is 269 g/mol. The maximum Gasteiger partial charge on any atom is 0.309 e. The van der Waals surface area contributed by atoms with Crippen LogP contribution in [0.2, 0.25) is 5.02 Å². The van der Waals surface area contributed by atoms with E-state index in [4.69, 9.17) is 21.4 Å². The molecule has 0 fully saturated rings. The summed E-state index contributed by atoms with van der Waals surface area (Å²) in [7, 11) is 0. The molecule has 0 saturated carbocycles. The fraction of sp³-hybridized carbons (Fsp3) is 0.500. The van der Waals surface area contributed by atoms with Crippen molar-refractivity contribution in [2.45, 2.75) is 39.7 Å². The molecule has 1 aromatic carbocycles. The Labute approximate surface area is 112 Å². The van der Waals surface area contributed by atoms with Crippen molar-refractivity contribution in [3.8, 4) is 5.75 Å². The molecule has 0 aromatic heterocycles. The molecule has 4 heteroatoms. The van der Waals surface area contributed by atoms with E-state index in [0.29, 0.717) is 11.4 Å². The summed E-state index contributed by atoms with van der Waals surface area (Å²) in [5.74, 6) is -0.0511. The average Bonchev–Trinajstić information content (AvgIpc) is 2.58. The molecule has 0 spiro atoms. The maximum absolute atomic E-state index is 11.1. The van der Waals surface area contributed by atoms with Crippen molar-refractivity contribution < 1.29 is 14.6 Å². The number of halogens is 1. The number of carboxylic acid groups (broad SMARTS) is 1. The summed E-state index contributed by atoms with van der Waals surface area (Å²) in [4.78, 5) is 11.1. The highest BCUT2D eigenvalue weighted by Gasteiger charge is 2.29. The van der Waals surface area contributed by atoms with Gasteiger partial charge in [0.05, 0.1) is 10.4 Å². The van der Waals surface area contributed by atoms with Gasteiger partial charge in [-0.25, -0.2) is 0 Å². The second kappa shape index (κ2) is 4.47. The Bertz CT molecular complexity index is 494. The van der Waals surface area contributed by atoms with Gasteiger partial charge in [-0.3, -0.25) is 4.79 Å². The molecule has 1 heterocycles. The van der Waals surface area contributed by atoms with Crippen LogP contribution in [0.15, 0.2) is 12.1 Å². The van der Waals surface area contributed by atoms with Gasteiger partial charge in [-0.1, -0.05) is 17.7 Å². The van der Waals surface area contributed by atoms with E-state index in [1.807, 2.05) is 19.1 Å². The first kappa shape index (κ1) is 13.2. The number of hydrogen-bond acceptors (Lipinski definition) is 2. The van der Waals surface area contributed by atoms with Crippen LogP contribution in [0.1, 0.15) is 31.9 Å². The number of carbonyl (C=O) groups is 1. The van der Waals surface area contributed by atoms with Gasteiger partial charge in [0.15, 0.2) is 0 Å². The van der Waals surface area contributed by atoms with Crippen LogP contribution in [0.4, 0.5) is 0 Å². The van der Waals surface area contributed by atoms with Gasteiger partial charge >= 0.3 is 5.97 Å². The van der Waals surface area contributed by atoms with E-state index in [1.54, 1.807) is 13.8 Å². The van der Waals surface area contributed by atoms with Gasteiger partial charge in [-0.15, -0.1) is 0 Å². The van der Waals surface area contributed by atoms with Gasteiger partial charge in [0.2, 0.25) is 0 Å². The molecule has 98 valence electrons. The summed E-state index contributed by atoms with van der Waals surface area (Å²) in [6.45, 7) is 5.43. The lowest BCUT2D eigenvalue weighted by molar-refractivity contribution is -0.146. The molecule has 18 heavy (non-hydrogen) atoms. The Morgan fingerprint density at radius 1 is 1.56 bits per heavy atom. The minimum absolute atomic E-state index is 0.139. The number of carboxylic acids is 1. The Hall–Kier alpha value is -1.22. The van der Waals surface area contributed by atoms with Crippen LogP contribution in [0.3, 0.4) is 0 Å². The molecule has 1 atom stereocenters. The van der Waals surface area contributed by atoms with Gasteiger partial charge in [-0.2, -0.15) is 0 Å². The van der Waals surface area contributed by atoms with E-state index in [0.717, 1.165) is 23.3 Å². The number of ether oxygens (including phenoxy) is 1. The lowest BCUT2D eigenvalue weighted by Gasteiger charge is -2.19. The molecule has 0 aliphatic carbocycles. The van der Waals surface area contributed by atoms with Gasteiger partial charge in [0.25, 0.3) is 0 Å². The number of aliphatic carboxylic acids is 1. The number of rotatable bonds is 3. The lowest BCUT2D eigenvalue weighted by Crippen LogP contribution is -2.26. The topological polar surface area (TPSA) is 46.5 Å². The molecule has 0 amide bonds. The van der Waals surface area contributed by atoms with Crippen molar-refractivity contribution in [2.24, 2.45) is 5.41 Å². The van der Waals surface area contributed by atoms with Gasteiger partial charge in [0, 0.05) is 6.42 Å². The van der Waals surface area contributed by atoms with Gasteiger partial charge in [0.1, 0.15) is 11.9 Å². The molecule has 1 N–H and O–H groups in total. The standard InChI is InChI=1S/C14H17ClO3/c1-8-4-10-5-9(6-11(15)12(10)18-8)7-14(2,3)13(16)17/h5-6,8H,4,7H2,1-3H3,(H,16,17). The maximum atomic E-state index is 11.1. The van der Waals surface area contributed by atoms with Gasteiger partial charge in [-0.05, 0) is 44.4 Å². The van der Waals surface area contributed by atoms with E-state index in [-0.39, 0.29) is 6.10 Å². The molecule has 1 aliphatic heterocycles. The predicted octanol–water partition coefficient (Wildman–Crippen LogP) is 3.32. The molecule has 1 unspecified atom stereocenters. The van der Waals surface area contributed by atoms with Crippen LogP contribution in [0.25, 0.3) is 0 Å². The van der Waals surface area contributed by atoms with Crippen LogP contribution in [0, 0.1) is 5.41 Å². The first-order chi connectivity index (χ1) is 8.29. The van der Waals surface area contributed by atoms with Crippen LogP contribution >= 0.6 is 11.6 Å². The summed E-state index contributed by atoms with van der Waals surface area (Å²) < 4.78 is 5.62. The fourth-order valence-electron chi connectivity index (χ4n) is 2.24. The van der Waals surface area contributed by atoms with Crippen LogP contribution < -0.4 is 4.74 Å². The first-order valence-electron chi connectivity index (χ1n) is 6.01. The van der Waals surface area contributed by atoms with E-state index < -0.39 is 11.4 Å². The SMILES string of the molecule is CC1Cc2cc(CC(C)(C)C(=O)O)cc(Cl)c2O1. The Morgan fingerprint density at radius 2 is 2.22 bits per heavy atom. The van der Waals surface area contributed by atoms with E-state index in [1.165, 1.54) is 0 Å². The van der Waals surface area contributed by atoms with Crippen LogP contribution in [0.5, 0.6) is 5.75 Å². The molecule has 0 radical (unpaired) electrons. The highest BCUT2D eigenvalue weighted by atomic mass is 35.5. The largest absolute Gasteiger partial charge is 0.489 e. The number of hydrogen-bond donors (Lipinski definition) is 1. The summed E-state index contributed by atoms with van der Waals surface area (Å²) in [5.41, 5.74) is 1.23. The normalized spacial score (nSPS) is 18.3. The molecule has 2 rings (SSSR count).